The van der Waals surface area contributed by atoms with Crippen molar-refractivity contribution in [3.63, 3.8) is 0 Å². The summed E-state index contributed by atoms with van der Waals surface area (Å²) in [7, 11) is 5.64. The SMILES string of the molecule is CC(=O)N(C)Cc1cc(C2CCC(CN(C)C(C)=O)CC2)nn1C. The van der Waals surface area contributed by atoms with E-state index in [9.17, 15) is 9.59 Å². The molecule has 6 nitrogen and oxygen atoms in total. The number of hydrogen-bond donors (Lipinski definition) is 0. The summed E-state index contributed by atoms with van der Waals surface area (Å²) in [6.07, 6.45) is 4.52. The van der Waals surface area contributed by atoms with Crippen LogP contribution in [-0.2, 0) is 23.2 Å². The molecule has 0 atom stereocenters. The second kappa shape index (κ2) is 7.81. The number of nitrogens with zero attached hydrogens (tertiary/aromatic N) is 4. The molecule has 1 heterocycles. The minimum Gasteiger partial charge on any atom is -0.346 e. The van der Waals surface area contributed by atoms with E-state index in [4.69, 9.17) is 0 Å². The highest BCUT2D eigenvalue weighted by Gasteiger charge is 2.26. The topological polar surface area (TPSA) is 58.4 Å². The maximum Gasteiger partial charge on any atom is 0.219 e. The molecule has 2 amide bonds. The van der Waals surface area contributed by atoms with Crippen LogP contribution in [0.25, 0.3) is 0 Å². The largest absolute Gasteiger partial charge is 0.346 e. The lowest BCUT2D eigenvalue weighted by atomic mass is 9.80. The van der Waals surface area contributed by atoms with E-state index in [1.165, 1.54) is 0 Å². The molecule has 1 aliphatic carbocycles. The van der Waals surface area contributed by atoms with Crippen LogP contribution in [0.3, 0.4) is 0 Å². The van der Waals surface area contributed by atoms with Crippen molar-refractivity contribution in [2.45, 2.75) is 52.0 Å². The number of hydrogen-bond acceptors (Lipinski definition) is 3. The number of rotatable bonds is 5. The van der Waals surface area contributed by atoms with Gasteiger partial charge in [0.25, 0.3) is 0 Å². The summed E-state index contributed by atoms with van der Waals surface area (Å²) in [6, 6.07) is 2.14. The number of carbonyl (C=O) groups is 2. The Morgan fingerprint density at radius 1 is 1.12 bits per heavy atom. The van der Waals surface area contributed by atoms with Crippen LogP contribution in [0.1, 0.15) is 56.8 Å². The van der Waals surface area contributed by atoms with E-state index in [0.29, 0.717) is 18.4 Å². The van der Waals surface area contributed by atoms with Gasteiger partial charge in [-0.25, -0.2) is 0 Å². The van der Waals surface area contributed by atoms with Gasteiger partial charge in [0.1, 0.15) is 0 Å². The molecule has 6 heteroatoms. The van der Waals surface area contributed by atoms with Crippen LogP contribution >= 0.6 is 0 Å². The third kappa shape index (κ3) is 4.58. The predicted molar refractivity (Wildman–Crippen MR) is 93.4 cm³/mol. The van der Waals surface area contributed by atoms with Gasteiger partial charge < -0.3 is 9.80 Å². The van der Waals surface area contributed by atoms with Crippen molar-refractivity contribution in [1.82, 2.24) is 19.6 Å². The fraction of sp³-hybridized carbons (Fsp3) is 0.722. The monoisotopic (exact) mass is 334 g/mol. The Labute approximate surface area is 144 Å². The second-order valence-corrected chi connectivity index (χ2v) is 7.18. The number of carbonyl (C=O) groups excluding carboxylic acids is 2. The van der Waals surface area contributed by atoms with Gasteiger partial charge in [-0.15, -0.1) is 0 Å². The quantitative estimate of drug-likeness (QED) is 0.829. The molecule has 0 bridgehead atoms. The normalized spacial score (nSPS) is 20.7. The number of amides is 2. The average molecular weight is 334 g/mol. The van der Waals surface area contributed by atoms with Gasteiger partial charge in [0, 0.05) is 47.5 Å². The molecule has 0 aliphatic heterocycles. The van der Waals surface area contributed by atoms with Gasteiger partial charge >= 0.3 is 0 Å². The molecule has 0 unspecified atom stereocenters. The van der Waals surface area contributed by atoms with Gasteiger partial charge in [-0.2, -0.15) is 5.10 Å². The van der Waals surface area contributed by atoms with Crippen molar-refractivity contribution >= 4 is 11.8 Å². The lowest BCUT2D eigenvalue weighted by Gasteiger charge is -2.30. The first-order valence-corrected chi connectivity index (χ1v) is 8.74. The summed E-state index contributed by atoms with van der Waals surface area (Å²) in [5.41, 5.74) is 2.21. The van der Waals surface area contributed by atoms with Crippen molar-refractivity contribution in [1.29, 1.82) is 0 Å². The summed E-state index contributed by atoms with van der Waals surface area (Å²) in [6.45, 7) is 4.66. The highest BCUT2D eigenvalue weighted by atomic mass is 16.2. The zero-order chi connectivity index (χ0) is 17.9. The first-order valence-electron chi connectivity index (χ1n) is 8.74. The smallest absolute Gasteiger partial charge is 0.219 e. The molecular weight excluding hydrogens is 304 g/mol. The molecule has 2 rings (SSSR count). The standard InChI is InChI=1S/C18H30N4O2/c1-13(23)20(3)11-15-6-8-16(9-7-15)18-10-17(22(5)19-18)12-21(4)14(2)24/h10,15-16H,6-9,11-12H2,1-5H3. The highest BCUT2D eigenvalue weighted by molar-refractivity contribution is 5.73. The van der Waals surface area contributed by atoms with Gasteiger partial charge in [0.2, 0.25) is 11.8 Å². The maximum absolute atomic E-state index is 11.4. The molecule has 1 aromatic heterocycles. The van der Waals surface area contributed by atoms with Crippen LogP contribution in [0.5, 0.6) is 0 Å². The van der Waals surface area contributed by atoms with Crippen LogP contribution in [0.4, 0.5) is 0 Å². The van der Waals surface area contributed by atoms with Crippen LogP contribution in [0.15, 0.2) is 6.07 Å². The number of aryl methyl sites for hydroxylation is 1. The lowest BCUT2D eigenvalue weighted by molar-refractivity contribution is -0.129. The van der Waals surface area contributed by atoms with E-state index in [1.54, 1.807) is 18.7 Å². The van der Waals surface area contributed by atoms with Crippen LogP contribution in [-0.4, -0.2) is 52.0 Å². The molecule has 0 radical (unpaired) electrons. The summed E-state index contributed by atoms with van der Waals surface area (Å²) in [5.74, 6) is 1.29. The summed E-state index contributed by atoms with van der Waals surface area (Å²) < 4.78 is 1.89. The van der Waals surface area contributed by atoms with Gasteiger partial charge in [-0.1, -0.05) is 0 Å². The Bertz CT molecular complexity index is 588. The molecule has 1 fully saturated rings. The zero-order valence-corrected chi connectivity index (χ0v) is 15.6. The minimum absolute atomic E-state index is 0.0628. The van der Waals surface area contributed by atoms with Crippen molar-refractivity contribution in [2.75, 3.05) is 20.6 Å². The summed E-state index contributed by atoms with van der Waals surface area (Å²) in [4.78, 5) is 26.3. The average Bonchev–Trinajstić information content (AvgIpc) is 2.88. The Balaban J connectivity index is 1.92. The molecule has 0 N–H and O–H groups in total. The Kier molecular flexibility index (Phi) is 6.02. The number of aromatic nitrogens is 2. The Morgan fingerprint density at radius 3 is 2.25 bits per heavy atom. The van der Waals surface area contributed by atoms with Gasteiger partial charge in [-0.05, 0) is 37.7 Å². The van der Waals surface area contributed by atoms with E-state index in [2.05, 4.69) is 11.2 Å². The Hall–Kier alpha value is -1.85. The zero-order valence-electron chi connectivity index (χ0n) is 15.6. The first-order chi connectivity index (χ1) is 11.3. The Morgan fingerprint density at radius 2 is 1.71 bits per heavy atom. The van der Waals surface area contributed by atoms with Crippen molar-refractivity contribution < 1.29 is 9.59 Å². The highest BCUT2D eigenvalue weighted by Crippen LogP contribution is 2.35. The molecule has 24 heavy (non-hydrogen) atoms. The van der Waals surface area contributed by atoms with E-state index in [0.717, 1.165) is 43.6 Å². The van der Waals surface area contributed by atoms with Crippen molar-refractivity contribution in [2.24, 2.45) is 13.0 Å². The molecule has 134 valence electrons. The molecule has 1 aromatic rings. The molecule has 1 saturated carbocycles. The van der Waals surface area contributed by atoms with Gasteiger partial charge in [0.05, 0.1) is 17.9 Å². The molecule has 1 aliphatic rings. The third-order valence-electron chi connectivity index (χ3n) is 5.27. The van der Waals surface area contributed by atoms with Crippen molar-refractivity contribution in [3.8, 4) is 0 Å². The predicted octanol–water partition coefficient (Wildman–Crippen LogP) is 2.15. The summed E-state index contributed by atoms with van der Waals surface area (Å²) >= 11 is 0. The maximum atomic E-state index is 11.4. The van der Waals surface area contributed by atoms with Crippen LogP contribution in [0.2, 0.25) is 0 Å². The van der Waals surface area contributed by atoms with E-state index in [-0.39, 0.29) is 11.8 Å². The fourth-order valence-corrected chi connectivity index (χ4v) is 3.39. The molecular formula is C18H30N4O2. The van der Waals surface area contributed by atoms with E-state index >= 15 is 0 Å². The fourth-order valence-electron chi connectivity index (χ4n) is 3.39. The lowest BCUT2D eigenvalue weighted by Crippen LogP contribution is -2.31. The second-order valence-electron chi connectivity index (χ2n) is 7.18. The van der Waals surface area contributed by atoms with Crippen LogP contribution in [0, 0.1) is 5.92 Å². The third-order valence-corrected chi connectivity index (χ3v) is 5.27. The van der Waals surface area contributed by atoms with Crippen molar-refractivity contribution in [3.05, 3.63) is 17.5 Å². The molecule has 0 aromatic carbocycles. The summed E-state index contributed by atoms with van der Waals surface area (Å²) in [5, 5.41) is 4.68. The van der Waals surface area contributed by atoms with E-state index in [1.807, 2.05) is 30.7 Å². The van der Waals surface area contributed by atoms with Gasteiger partial charge in [-0.3, -0.25) is 14.3 Å². The van der Waals surface area contributed by atoms with E-state index < -0.39 is 0 Å². The molecule has 0 spiro atoms. The molecule has 0 saturated heterocycles. The van der Waals surface area contributed by atoms with Crippen LogP contribution < -0.4 is 0 Å². The van der Waals surface area contributed by atoms with Gasteiger partial charge in [0.15, 0.2) is 0 Å². The first kappa shape index (κ1) is 18.5. The minimum atomic E-state index is 0.0628.